The van der Waals surface area contributed by atoms with E-state index in [4.69, 9.17) is 5.73 Å². The molecule has 1 saturated carbocycles. The van der Waals surface area contributed by atoms with Gasteiger partial charge in [0, 0.05) is 31.6 Å². The molecule has 0 aromatic heterocycles. The fourth-order valence-corrected chi connectivity index (χ4v) is 3.10. The number of carbonyl (C=O) groups excluding carboxylic acids is 2. The lowest BCUT2D eigenvalue weighted by atomic mass is 9.99. The maximum atomic E-state index is 12.4. The van der Waals surface area contributed by atoms with Gasteiger partial charge in [0.2, 0.25) is 11.8 Å². The second-order valence-electron chi connectivity index (χ2n) is 5.72. The number of nitrogens with one attached hydrogen (secondary N) is 1. The molecule has 5 nitrogen and oxygen atoms in total. The highest BCUT2D eigenvalue weighted by molar-refractivity contribution is 5.80. The van der Waals surface area contributed by atoms with Crippen molar-refractivity contribution < 1.29 is 9.59 Å². The Morgan fingerprint density at radius 3 is 2.42 bits per heavy atom. The lowest BCUT2D eigenvalue weighted by Crippen LogP contribution is -2.49. The van der Waals surface area contributed by atoms with E-state index in [-0.39, 0.29) is 29.8 Å². The molecule has 0 spiro atoms. The summed E-state index contributed by atoms with van der Waals surface area (Å²) in [6, 6.07) is 0.277. The lowest BCUT2D eigenvalue weighted by Gasteiger charge is -2.34. The molecule has 0 aromatic carbocycles. The van der Waals surface area contributed by atoms with Crippen molar-refractivity contribution in [2.45, 2.75) is 57.5 Å². The summed E-state index contributed by atoms with van der Waals surface area (Å²) in [4.78, 5) is 25.6. The average molecular weight is 267 g/mol. The number of carbonyl (C=O) groups is 2. The molecule has 0 radical (unpaired) electrons. The molecular formula is C14H25N3O2. The summed E-state index contributed by atoms with van der Waals surface area (Å²) < 4.78 is 0. The molecule has 2 unspecified atom stereocenters. The third kappa shape index (κ3) is 3.47. The zero-order valence-corrected chi connectivity index (χ0v) is 11.7. The predicted molar refractivity (Wildman–Crippen MR) is 73.4 cm³/mol. The van der Waals surface area contributed by atoms with E-state index in [0.717, 1.165) is 45.2 Å². The van der Waals surface area contributed by atoms with Gasteiger partial charge in [-0.15, -0.1) is 0 Å². The van der Waals surface area contributed by atoms with Crippen LogP contribution in [0.2, 0.25) is 0 Å². The zero-order valence-electron chi connectivity index (χ0n) is 11.7. The van der Waals surface area contributed by atoms with E-state index in [2.05, 4.69) is 5.32 Å². The number of nitrogens with two attached hydrogens (primary N) is 1. The van der Waals surface area contributed by atoms with Gasteiger partial charge in [-0.05, 0) is 25.7 Å². The van der Waals surface area contributed by atoms with Gasteiger partial charge in [-0.25, -0.2) is 0 Å². The second-order valence-corrected chi connectivity index (χ2v) is 5.72. The van der Waals surface area contributed by atoms with E-state index in [9.17, 15) is 9.59 Å². The predicted octanol–water partition coefficient (Wildman–Crippen LogP) is 0.631. The van der Waals surface area contributed by atoms with Crippen LogP contribution in [-0.2, 0) is 9.59 Å². The second kappa shape index (κ2) is 6.37. The van der Waals surface area contributed by atoms with Crippen molar-refractivity contribution in [1.29, 1.82) is 0 Å². The Morgan fingerprint density at radius 2 is 1.89 bits per heavy atom. The van der Waals surface area contributed by atoms with Gasteiger partial charge < -0.3 is 16.0 Å². The zero-order chi connectivity index (χ0) is 13.8. The van der Waals surface area contributed by atoms with Crippen molar-refractivity contribution in [2.75, 3.05) is 13.1 Å². The Morgan fingerprint density at radius 1 is 1.21 bits per heavy atom. The maximum Gasteiger partial charge on any atom is 0.227 e. The van der Waals surface area contributed by atoms with Crippen LogP contribution in [0.3, 0.4) is 0 Å². The summed E-state index contributed by atoms with van der Waals surface area (Å²) in [7, 11) is 0. The highest BCUT2D eigenvalue weighted by Gasteiger charge is 2.34. The first-order valence-electron chi connectivity index (χ1n) is 7.45. The number of piperidine rings is 1. The molecule has 19 heavy (non-hydrogen) atoms. The van der Waals surface area contributed by atoms with Crippen LogP contribution in [0.4, 0.5) is 0 Å². The molecule has 2 aliphatic rings. The molecule has 1 aliphatic carbocycles. The minimum Gasteiger partial charge on any atom is -0.353 e. The van der Waals surface area contributed by atoms with Crippen molar-refractivity contribution in [3.8, 4) is 0 Å². The fourth-order valence-electron chi connectivity index (χ4n) is 3.10. The number of amides is 2. The average Bonchev–Trinajstić information content (AvgIpc) is 2.85. The Kier molecular flexibility index (Phi) is 4.80. The van der Waals surface area contributed by atoms with Gasteiger partial charge in [0.25, 0.3) is 0 Å². The first-order valence-corrected chi connectivity index (χ1v) is 7.45. The number of nitrogens with zero attached hydrogens (tertiary/aromatic N) is 1. The molecule has 2 amide bonds. The van der Waals surface area contributed by atoms with E-state index >= 15 is 0 Å². The van der Waals surface area contributed by atoms with Crippen LogP contribution in [0, 0.1) is 5.92 Å². The van der Waals surface area contributed by atoms with Crippen molar-refractivity contribution >= 4 is 11.8 Å². The normalized spacial score (nSPS) is 28.4. The summed E-state index contributed by atoms with van der Waals surface area (Å²) in [5, 5.41) is 3.00. The summed E-state index contributed by atoms with van der Waals surface area (Å²) in [5.41, 5.74) is 5.99. The van der Waals surface area contributed by atoms with Gasteiger partial charge in [-0.2, -0.15) is 0 Å². The molecule has 1 saturated heterocycles. The van der Waals surface area contributed by atoms with Gasteiger partial charge in [-0.3, -0.25) is 9.59 Å². The van der Waals surface area contributed by atoms with E-state index in [1.54, 1.807) is 0 Å². The smallest absolute Gasteiger partial charge is 0.227 e. The molecule has 0 bridgehead atoms. The van der Waals surface area contributed by atoms with Gasteiger partial charge in [0.15, 0.2) is 0 Å². The molecular weight excluding hydrogens is 242 g/mol. The van der Waals surface area contributed by atoms with Crippen LogP contribution in [0.25, 0.3) is 0 Å². The maximum absolute atomic E-state index is 12.4. The largest absolute Gasteiger partial charge is 0.353 e. The Labute approximate surface area is 114 Å². The SMILES string of the molecule is CCC(=O)NC1CCN(C(=O)C2CCCC2N)CC1. The Hall–Kier alpha value is -1.10. The molecule has 2 fully saturated rings. The van der Waals surface area contributed by atoms with Crippen molar-refractivity contribution in [2.24, 2.45) is 11.7 Å². The Balaban J connectivity index is 1.79. The minimum atomic E-state index is 0.0294. The van der Waals surface area contributed by atoms with E-state index in [1.165, 1.54) is 0 Å². The van der Waals surface area contributed by atoms with Gasteiger partial charge in [-0.1, -0.05) is 13.3 Å². The topological polar surface area (TPSA) is 75.4 Å². The van der Waals surface area contributed by atoms with Gasteiger partial charge in [0.1, 0.15) is 0 Å². The molecule has 3 N–H and O–H groups in total. The number of hydrogen-bond donors (Lipinski definition) is 2. The highest BCUT2D eigenvalue weighted by atomic mass is 16.2. The molecule has 1 heterocycles. The molecule has 108 valence electrons. The third-order valence-electron chi connectivity index (χ3n) is 4.38. The fraction of sp³-hybridized carbons (Fsp3) is 0.857. The molecule has 5 heteroatoms. The minimum absolute atomic E-state index is 0.0294. The van der Waals surface area contributed by atoms with Crippen molar-refractivity contribution in [3.05, 3.63) is 0 Å². The molecule has 0 aromatic rings. The third-order valence-corrected chi connectivity index (χ3v) is 4.38. The lowest BCUT2D eigenvalue weighted by molar-refractivity contribution is -0.136. The number of hydrogen-bond acceptors (Lipinski definition) is 3. The summed E-state index contributed by atoms with van der Waals surface area (Å²) in [6.07, 6.45) is 5.22. The quantitative estimate of drug-likeness (QED) is 0.787. The van der Waals surface area contributed by atoms with E-state index < -0.39 is 0 Å². The van der Waals surface area contributed by atoms with Gasteiger partial charge >= 0.3 is 0 Å². The molecule has 2 atom stereocenters. The van der Waals surface area contributed by atoms with Gasteiger partial charge in [0.05, 0.1) is 5.92 Å². The number of rotatable bonds is 3. The summed E-state index contributed by atoms with van der Waals surface area (Å²) in [6.45, 7) is 3.35. The standard InChI is InChI=1S/C14H25N3O2/c1-2-13(18)16-10-6-8-17(9-7-10)14(19)11-4-3-5-12(11)15/h10-12H,2-9,15H2,1H3,(H,16,18). The van der Waals surface area contributed by atoms with Crippen LogP contribution in [-0.4, -0.2) is 41.9 Å². The van der Waals surface area contributed by atoms with Crippen molar-refractivity contribution in [1.82, 2.24) is 10.2 Å². The highest BCUT2D eigenvalue weighted by Crippen LogP contribution is 2.27. The van der Waals surface area contributed by atoms with E-state index in [0.29, 0.717) is 6.42 Å². The summed E-state index contributed by atoms with van der Waals surface area (Å²) in [5.74, 6) is 0.356. The monoisotopic (exact) mass is 267 g/mol. The molecule has 1 aliphatic heterocycles. The van der Waals surface area contributed by atoms with Crippen LogP contribution in [0.15, 0.2) is 0 Å². The van der Waals surface area contributed by atoms with Crippen LogP contribution in [0.5, 0.6) is 0 Å². The molecule has 2 rings (SSSR count). The summed E-state index contributed by atoms with van der Waals surface area (Å²) >= 11 is 0. The number of likely N-dealkylation sites (tertiary alicyclic amines) is 1. The first-order chi connectivity index (χ1) is 9.11. The van der Waals surface area contributed by atoms with Crippen LogP contribution >= 0.6 is 0 Å². The van der Waals surface area contributed by atoms with Crippen molar-refractivity contribution in [3.63, 3.8) is 0 Å². The van der Waals surface area contributed by atoms with E-state index in [1.807, 2.05) is 11.8 Å². The van der Waals surface area contributed by atoms with Crippen LogP contribution in [0.1, 0.15) is 45.4 Å². The first kappa shape index (κ1) is 14.3. The van der Waals surface area contributed by atoms with Crippen LogP contribution < -0.4 is 11.1 Å². The Bertz CT molecular complexity index is 338.